The lowest BCUT2D eigenvalue weighted by Crippen LogP contribution is -2.09. The number of carboxylic acid groups (broad SMARTS) is 2. The summed E-state index contributed by atoms with van der Waals surface area (Å²) in [5.74, 6) is -2.35. The van der Waals surface area contributed by atoms with Crippen LogP contribution in [-0.2, 0) is 23.2 Å². The van der Waals surface area contributed by atoms with Crippen molar-refractivity contribution in [3.05, 3.63) is 66.1 Å². The largest absolute Gasteiger partial charge is 0.497 e. The number of benzene rings is 2. The Morgan fingerprint density at radius 2 is 1.83 bits per heavy atom. The van der Waals surface area contributed by atoms with Gasteiger partial charge in [-0.15, -0.1) is 0 Å². The van der Waals surface area contributed by atoms with E-state index in [1.54, 1.807) is 13.2 Å². The van der Waals surface area contributed by atoms with E-state index in [0.717, 1.165) is 28.5 Å². The second-order valence-corrected chi connectivity index (χ2v) is 5.85. The Hall–Kier alpha value is -3.88. The third-order valence-corrected chi connectivity index (χ3v) is 3.88. The first-order valence-electron chi connectivity index (χ1n) is 8.42. The molecule has 0 aliphatic carbocycles. The van der Waals surface area contributed by atoms with Gasteiger partial charge in [-0.2, -0.15) is 0 Å². The second kappa shape index (κ2) is 9.88. The van der Waals surface area contributed by atoms with E-state index in [0.29, 0.717) is 6.54 Å². The molecule has 0 atom stereocenters. The number of hydrogen-bond acceptors (Lipinski definition) is 5. The van der Waals surface area contributed by atoms with Crippen LogP contribution >= 0.6 is 0 Å². The van der Waals surface area contributed by atoms with Crippen molar-refractivity contribution in [1.29, 1.82) is 0 Å². The van der Waals surface area contributed by atoms with E-state index in [1.165, 1.54) is 12.1 Å². The number of rotatable bonds is 5. The van der Waals surface area contributed by atoms with Crippen molar-refractivity contribution in [1.82, 2.24) is 9.55 Å². The quantitative estimate of drug-likeness (QED) is 0.563. The van der Waals surface area contributed by atoms with Gasteiger partial charge in [0.15, 0.2) is 0 Å². The number of anilines is 1. The average molecular weight is 401 g/mol. The minimum atomic E-state index is -1.82. The van der Waals surface area contributed by atoms with Gasteiger partial charge in [-0.05, 0) is 29.8 Å². The number of imidazole rings is 1. The Morgan fingerprint density at radius 1 is 1.14 bits per heavy atom. The highest BCUT2D eigenvalue weighted by Gasteiger charge is 2.09. The van der Waals surface area contributed by atoms with Gasteiger partial charge in [0.05, 0.1) is 19.0 Å². The van der Waals surface area contributed by atoms with Crippen molar-refractivity contribution in [2.75, 3.05) is 12.4 Å². The molecule has 0 aliphatic rings. The van der Waals surface area contributed by atoms with Gasteiger partial charge in [0.1, 0.15) is 11.6 Å². The third kappa shape index (κ3) is 6.06. The van der Waals surface area contributed by atoms with Crippen LogP contribution in [0, 0.1) is 5.82 Å². The summed E-state index contributed by atoms with van der Waals surface area (Å²) in [5, 5.41) is 18.0. The number of halogens is 1. The summed E-state index contributed by atoms with van der Waals surface area (Å²) in [6, 6.07) is 14.4. The predicted molar refractivity (Wildman–Crippen MR) is 104 cm³/mol. The van der Waals surface area contributed by atoms with E-state index < -0.39 is 11.9 Å². The number of methoxy groups -OCH3 is 1. The summed E-state index contributed by atoms with van der Waals surface area (Å²) >= 11 is 0. The second-order valence-electron chi connectivity index (χ2n) is 5.85. The predicted octanol–water partition coefficient (Wildman–Crippen LogP) is 3.00. The van der Waals surface area contributed by atoms with Crippen molar-refractivity contribution in [2.45, 2.75) is 6.54 Å². The van der Waals surface area contributed by atoms with Crippen LogP contribution in [0.2, 0.25) is 0 Å². The molecule has 9 heteroatoms. The molecule has 0 unspecified atom stereocenters. The lowest BCUT2D eigenvalue weighted by molar-refractivity contribution is -0.159. The van der Waals surface area contributed by atoms with Crippen LogP contribution in [0.1, 0.15) is 5.56 Å². The summed E-state index contributed by atoms with van der Waals surface area (Å²) in [5.41, 5.74) is 2.87. The monoisotopic (exact) mass is 401 g/mol. The first kappa shape index (κ1) is 21.4. The summed E-state index contributed by atoms with van der Waals surface area (Å²) in [6.07, 6.45) is 1.81. The van der Waals surface area contributed by atoms with Crippen molar-refractivity contribution in [3.63, 3.8) is 0 Å². The Labute approximate surface area is 166 Å². The van der Waals surface area contributed by atoms with Gasteiger partial charge in [0.2, 0.25) is 5.95 Å². The molecule has 0 saturated carbocycles. The molecule has 1 heterocycles. The molecule has 0 amide bonds. The highest BCUT2D eigenvalue weighted by atomic mass is 19.1. The van der Waals surface area contributed by atoms with E-state index in [-0.39, 0.29) is 5.82 Å². The van der Waals surface area contributed by atoms with Gasteiger partial charge in [-0.25, -0.2) is 19.0 Å². The van der Waals surface area contributed by atoms with Gasteiger partial charge in [0, 0.05) is 19.2 Å². The van der Waals surface area contributed by atoms with Crippen LogP contribution in [0.4, 0.5) is 10.3 Å². The number of carbonyl (C=O) groups is 2. The van der Waals surface area contributed by atoms with Gasteiger partial charge < -0.3 is 24.8 Å². The third-order valence-electron chi connectivity index (χ3n) is 3.88. The summed E-state index contributed by atoms with van der Waals surface area (Å²) in [4.78, 5) is 22.6. The lowest BCUT2D eigenvalue weighted by Gasteiger charge is -2.09. The number of aliphatic carboxylic acids is 2. The zero-order valence-corrected chi connectivity index (χ0v) is 15.8. The molecule has 3 N–H and O–H groups in total. The smallest absolute Gasteiger partial charge is 0.414 e. The molecule has 0 fully saturated rings. The first-order chi connectivity index (χ1) is 13.8. The van der Waals surface area contributed by atoms with Gasteiger partial charge in [-0.1, -0.05) is 24.3 Å². The highest BCUT2D eigenvalue weighted by Crippen LogP contribution is 2.25. The van der Waals surface area contributed by atoms with E-state index in [4.69, 9.17) is 24.5 Å². The number of ether oxygens (including phenoxy) is 1. The van der Waals surface area contributed by atoms with Gasteiger partial charge in [-0.3, -0.25) is 0 Å². The van der Waals surface area contributed by atoms with Gasteiger partial charge >= 0.3 is 11.9 Å². The van der Waals surface area contributed by atoms with Crippen molar-refractivity contribution in [3.8, 4) is 17.0 Å². The maximum Gasteiger partial charge on any atom is 0.414 e. The van der Waals surface area contributed by atoms with E-state index in [1.807, 2.05) is 48.1 Å². The van der Waals surface area contributed by atoms with Crippen LogP contribution in [0.5, 0.6) is 5.75 Å². The fraction of sp³-hybridized carbons (Fsp3) is 0.150. The molecular formula is C20H20FN3O5. The number of nitrogens with one attached hydrogen (secondary N) is 1. The number of aromatic nitrogens is 2. The van der Waals surface area contributed by atoms with Gasteiger partial charge in [0.25, 0.3) is 0 Å². The fourth-order valence-electron chi connectivity index (χ4n) is 2.45. The zero-order valence-electron chi connectivity index (χ0n) is 15.8. The SMILES string of the molecule is COc1cccc(-c2cnc(NCc3cccc(F)c3)n2C)c1.O=C(O)C(=O)O. The van der Waals surface area contributed by atoms with E-state index in [9.17, 15) is 4.39 Å². The Morgan fingerprint density at radius 3 is 2.45 bits per heavy atom. The van der Waals surface area contributed by atoms with Crippen LogP contribution in [0.25, 0.3) is 11.3 Å². The molecule has 3 rings (SSSR count). The summed E-state index contributed by atoms with van der Waals surface area (Å²) < 4.78 is 20.4. The topological polar surface area (TPSA) is 114 Å². The maximum atomic E-state index is 13.2. The molecular weight excluding hydrogens is 381 g/mol. The molecule has 29 heavy (non-hydrogen) atoms. The Bertz CT molecular complexity index is 991. The van der Waals surface area contributed by atoms with Crippen LogP contribution in [0.15, 0.2) is 54.7 Å². The minimum absolute atomic E-state index is 0.235. The fourth-order valence-corrected chi connectivity index (χ4v) is 2.45. The summed E-state index contributed by atoms with van der Waals surface area (Å²) in [6.45, 7) is 0.514. The molecule has 0 radical (unpaired) electrons. The Kier molecular flexibility index (Phi) is 7.30. The molecule has 8 nitrogen and oxygen atoms in total. The number of carboxylic acids is 2. The van der Waals surface area contributed by atoms with Crippen molar-refractivity contribution < 1.29 is 28.9 Å². The molecule has 2 aromatic carbocycles. The normalized spacial score (nSPS) is 9.90. The van der Waals surface area contributed by atoms with Crippen LogP contribution < -0.4 is 10.1 Å². The number of hydrogen-bond donors (Lipinski definition) is 3. The highest BCUT2D eigenvalue weighted by molar-refractivity contribution is 6.27. The molecule has 0 saturated heterocycles. The molecule has 1 aromatic heterocycles. The molecule has 0 spiro atoms. The molecule has 0 aliphatic heterocycles. The Balaban J connectivity index is 0.000000438. The first-order valence-corrected chi connectivity index (χ1v) is 8.42. The lowest BCUT2D eigenvalue weighted by atomic mass is 10.1. The van der Waals surface area contributed by atoms with Crippen LogP contribution in [-0.4, -0.2) is 38.8 Å². The number of nitrogens with zero attached hydrogens (tertiary/aromatic N) is 2. The maximum absolute atomic E-state index is 13.2. The molecule has 3 aromatic rings. The standard InChI is InChI=1S/C18H18FN3O.C2H2O4/c1-22-17(14-6-4-8-16(10-14)23-2)12-21-18(22)20-11-13-5-3-7-15(19)9-13;3-1(4)2(5)6/h3-10,12H,11H2,1-2H3,(H,20,21);(H,3,4)(H,5,6). The molecule has 152 valence electrons. The minimum Gasteiger partial charge on any atom is -0.497 e. The van der Waals surface area contributed by atoms with Crippen LogP contribution in [0.3, 0.4) is 0 Å². The average Bonchev–Trinajstić information content (AvgIpc) is 3.07. The zero-order chi connectivity index (χ0) is 21.4. The van der Waals surface area contributed by atoms with E-state index in [2.05, 4.69) is 10.3 Å². The van der Waals surface area contributed by atoms with E-state index >= 15 is 0 Å². The van der Waals surface area contributed by atoms with Crippen molar-refractivity contribution in [2.24, 2.45) is 7.05 Å². The molecule has 0 bridgehead atoms. The summed E-state index contributed by atoms with van der Waals surface area (Å²) in [7, 11) is 3.59. The van der Waals surface area contributed by atoms with Crippen molar-refractivity contribution >= 4 is 17.9 Å².